The zero-order valence-electron chi connectivity index (χ0n) is 19.1. The fraction of sp³-hybridized carbons (Fsp3) is 0.120. The van der Waals surface area contributed by atoms with Crippen LogP contribution in [0.4, 0.5) is 11.4 Å². The standard InChI is InChI=1S/C25H17Br2ClN2O5S2/c1-2-34-21-10-15(9-19(27)23(21)35-13-14-3-5-16(6-4-14)30(32)33)11-22-24(31)29(25(36)37-22)17-7-8-18(26)20(28)12-17/h3-12H,2,13H2,1H3/b22-11+. The Labute approximate surface area is 244 Å². The van der Waals surface area contributed by atoms with Crippen LogP contribution in [-0.4, -0.2) is 21.8 Å². The zero-order valence-corrected chi connectivity index (χ0v) is 24.6. The van der Waals surface area contributed by atoms with Gasteiger partial charge in [0.15, 0.2) is 15.8 Å². The van der Waals surface area contributed by atoms with E-state index in [2.05, 4.69) is 31.9 Å². The minimum atomic E-state index is -0.449. The van der Waals surface area contributed by atoms with Gasteiger partial charge in [-0.1, -0.05) is 35.6 Å². The topological polar surface area (TPSA) is 81.9 Å². The van der Waals surface area contributed by atoms with E-state index < -0.39 is 4.92 Å². The highest BCUT2D eigenvalue weighted by atomic mass is 79.9. The minimum absolute atomic E-state index is 0.0120. The fourth-order valence-corrected chi connectivity index (χ4v) is 5.70. The van der Waals surface area contributed by atoms with E-state index >= 15 is 0 Å². The predicted molar refractivity (Wildman–Crippen MR) is 158 cm³/mol. The van der Waals surface area contributed by atoms with Crippen LogP contribution >= 0.6 is 67.4 Å². The normalized spacial score (nSPS) is 14.4. The maximum atomic E-state index is 13.2. The predicted octanol–water partition coefficient (Wildman–Crippen LogP) is 8.16. The first-order valence-corrected chi connectivity index (χ1v) is 13.9. The van der Waals surface area contributed by atoms with Crippen molar-refractivity contribution in [2.75, 3.05) is 11.5 Å². The molecule has 0 atom stereocenters. The SMILES string of the molecule is CCOc1cc(/C=C2/SC(=S)N(c3ccc(Br)c(Cl)c3)C2=O)cc(Br)c1OCc1ccc([N+](=O)[O-])cc1. The molecular weight excluding hydrogens is 668 g/mol. The van der Waals surface area contributed by atoms with Crippen molar-refractivity contribution in [2.24, 2.45) is 0 Å². The van der Waals surface area contributed by atoms with Gasteiger partial charge in [0.25, 0.3) is 11.6 Å². The number of non-ortho nitro benzene ring substituents is 1. The lowest BCUT2D eigenvalue weighted by molar-refractivity contribution is -0.384. The number of rotatable bonds is 8. The van der Waals surface area contributed by atoms with E-state index in [1.807, 2.05) is 13.0 Å². The first kappa shape index (κ1) is 27.6. The smallest absolute Gasteiger partial charge is 0.270 e. The largest absolute Gasteiger partial charge is 0.490 e. The summed E-state index contributed by atoms with van der Waals surface area (Å²) in [7, 11) is 0. The van der Waals surface area contributed by atoms with Crippen molar-refractivity contribution in [3.8, 4) is 11.5 Å². The molecule has 0 radical (unpaired) electrons. The van der Waals surface area contributed by atoms with Crippen LogP contribution in [-0.2, 0) is 11.4 Å². The van der Waals surface area contributed by atoms with E-state index in [1.54, 1.807) is 42.5 Å². The van der Waals surface area contributed by atoms with Crippen molar-refractivity contribution in [1.82, 2.24) is 0 Å². The summed E-state index contributed by atoms with van der Waals surface area (Å²) in [5.74, 6) is 0.718. The van der Waals surface area contributed by atoms with Crippen molar-refractivity contribution >= 4 is 95.1 Å². The third-order valence-electron chi connectivity index (χ3n) is 5.11. The van der Waals surface area contributed by atoms with E-state index in [9.17, 15) is 14.9 Å². The second kappa shape index (κ2) is 12.0. The number of hydrogen-bond acceptors (Lipinski definition) is 7. The number of thiocarbonyl (C=S) groups is 1. The molecule has 0 unspecified atom stereocenters. The molecule has 0 spiro atoms. The highest BCUT2D eigenvalue weighted by Gasteiger charge is 2.33. The molecule has 1 amide bonds. The average molecular weight is 685 g/mol. The number of ether oxygens (including phenoxy) is 2. The molecule has 0 aromatic heterocycles. The number of anilines is 1. The van der Waals surface area contributed by atoms with Crippen LogP contribution in [0, 0.1) is 10.1 Å². The number of hydrogen-bond donors (Lipinski definition) is 0. The van der Waals surface area contributed by atoms with Crippen molar-refractivity contribution in [3.63, 3.8) is 0 Å². The molecule has 3 aromatic carbocycles. The van der Waals surface area contributed by atoms with Crippen LogP contribution in [0.2, 0.25) is 5.02 Å². The number of benzene rings is 3. The second-order valence-electron chi connectivity index (χ2n) is 7.59. The average Bonchev–Trinajstić information content (AvgIpc) is 3.13. The van der Waals surface area contributed by atoms with Gasteiger partial charge in [0.05, 0.1) is 31.6 Å². The van der Waals surface area contributed by atoms with Crippen LogP contribution in [0.1, 0.15) is 18.1 Å². The van der Waals surface area contributed by atoms with E-state index in [1.165, 1.54) is 28.8 Å². The monoisotopic (exact) mass is 682 g/mol. The number of thioether (sulfide) groups is 1. The third kappa shape index (κ3) is 6.35. The molecule has 190 valence electrons. The molecule has 0 N–H and O–H groups in total. The fourth-order valence-electron chi connectivity index (χ4n) is 3.41. The summed E-state index contributed by atoms with van der Waals surface area (Å²) in [6.07, 6.45) is 1.74. The van der Waals surface area contributed by atoms with Gasteiger partial charge in [0.2, 0.25) is 0 Å². The molecular formula is C25H17Br2ClN2O5S2. The number of nitrogens with zero attached hydrogens (tertiary/aromatic N) is 2. The van der Waals surface area contributed by atoms with Crippen molar-refractivity contribution in [1.29, 1.82) is 0 Å². The van der Waals surface area contributed by atoms with Crippen LogP contribution in [0.5, 0.6) is 11.5 Å². The van der Waals surface area contributed by atoms with E-state index in [4.69, 9.17) is 33.3 Å². The highest BCUT2D eigenvalue weighted by Crippen LogP contribution is 2.41. The maximum absolute atomic E-state index is 13.2. The summed E-state index contributed by atoms with van der Waals surface area (Å²) < 4.78 is 13.5. The van der Waals surface area contributed by atoms with Gasteiger partial charge in [-0.2, -0.15) is 0 Å². The number of carbonyl (C=O) groups excluding carboxylic acids is 1. The molecule has 0 aliphatic carbocycles. The number of nitro groups is 1. The lowest BCUT2D eigenvalue weighted by Crippen LogP contribution is -2.27. The number of halogens is 3. The second-order valence-corrected chi connectivity index (χ2v) is 11.4. The lowest BCUT2D eigenvalue weighted by Gasteiger charge is -2.15. The van der Waals surface area contributed by atoms with Gasteiger partial charge in [0, 0.05) is 16.6 Å². The molecule has 1 fully saturated rings. The van der Waals surface area contributed by atoms with Crippen LogP contribution in [0.3, 0.4) is 0 Å². The van der Waals surface area contributed by atoms with Crippen LogP contribution in [0.15, 0.2) is 68.4 Å². The summed E-state index contributed by atoms with van der Waals surface area (Å²) in [5.41, 5.74) is 2.08. The van der Waals surface area contributed by atoms with Gasteiger partial charge in [-0.25, -0.2) is 0 Å². The minimum Gasteiger partial charge on any atom is -0.490 e. The summed E-state index contributed by atoms with van der Waals surface area (Å²) >= 11 is 19.8. The van der Waals surface area contributed by atoms with E-state index in [0.29, 0.717) is 48.1 Å². The zero-order chi connectivity index (χ0) is 26.7. The molecule has 0 saturated carbocycles. The Kier molecular flexibility index (Phi) is 8.91. The Hall–Kier alpha value is -2.44. The summed E-state index contributed by atoms with van der Waals surface area (Å²) in [6.45, 7) is 2.44. The van der Waals surface area contributed by atoms with Gasteiger partial charge < -0.3 is 9.47 Å². The van der Waals surface area contributed by atoms with Crippen molar-refractivity contribution in [3.05, 3.63) is 94.7 Å². The molecule has 0 bridgehead atoms. The Morgan fingerprint density at radius 1 is 1.11 bits per heavy atom. The van der Waals surface area contributed by atoms with E-state index in [0.717, 1.165) is 10.0 Å². The first-order chi connectivity index (χ1) is 17.7. The number of nitro benzene ring substituents is 1. The molecule has 37 heavy (non-hydrogen) atoms. The van der Waals surface area contributed by atoms with Gasteiger partial charge in [-0.15, -0.1) is 0 Å². The highest BCUT2D eigenvalue weighted by molar-refractivity contribution is 9.10. The van der Waals surface area contributed by atoms with Gasteiger partial charge in [-0.3, -0.25) is 19.8 Å². The van der Waals surface area contributed by atoms with Crippen molar-refractivity contribution < 1.29 is 19.2 Å². The van der Waals surface area contributed by atoms with Gasteiger partial charge in [0.1, 0.15) is 6.61 Å². The maximum Gasteiger partial charge on any atom is 0.270 e. The summed E-state index contributed by atoms with van der Waals surface area (Å²) in [4.78, 5) is 25.5. The van der Waals surface area contributed by atoms with Gasteiger partial charge >= 0.3 is 0 Å². The van der Waals surface area contributed by atoms with E-state index in [-0.39, 0.29) is 18.2 Å². The molecule has 3 aromatic rings. The summed E-state index contributed by atoms with van der Waals surface area (Å²) in [5, 5.41) is 11.3. The molecule has 1 aliphatic rings. The lowest BCUT2D eigenvalue weighted by atomic mass is 10.1. The first-order valence-electron chi connectivity index (χ1n) is 10.7. The molecule has 7 nitrogen and oxygen atoms in total. The number of amides is 1. The van der Waals surface area contributed by atoms with Crippen molar-refractivity contribution in [2.45, 2.75) is 13.5 Å². The Balaban J connectivity index is 1.58. The van der Waals surface area contributed by atoms with Crippen LogP contribution in [0.25, 0.3) is 6.08 Å². The Bertz CT molecular complexity index is 1430. The Morgan fingerprint density at radius 2 is 1.84 bits per heavy atom. The third-order valence-corrected chi connectivity index (χ3v) is 8.24. The molecule has 1 heterocycles. The molecule has 1 aliphatic heterocycles. The van der Waals surface area contributed by atoms with Gasteiger partial charge in [-0.05, 0) is 98.5 Å². The summed E-state index contributed by atoms with van der Waals surface area (Å²) in [6, 6.07) is 14.9. The van der Waals surface area contributed by atoms with Crippen LogP contribution < -0.4 is 14.4 Å². The molecule has 1 saturated heterocycles. The Morgan fingerprint density at radius 3 is 2.49 bits per heavy atom. The molecule has 4 rings (SSSR count). The number of carbonyl (C=O) groups is 1. The quantitative estimate of drug-likeness (QED) is 0.103. The molecule has 12 heteroatoms.